The Balaban J connectivity index is 1.73. The summed E-state index contributed by atoms with van der Waals surface area (Å²) in [6.45, 7) is 2.70. The largest absolute Gasteiger partial charge is 0.326 e. The molecule has 0 atom stereocenters. The Morgan fingerprint density at radius 3 is 1.48 bits per heavy atom. The van der Waals surface area contributed by atoms with Gasteiger partial charge in [-0.15, -0.1) is 0 Å². The van der Waals surface area contributed by atoms with Gasteiger partial charge in [0, 0.05) is 6.54 Å². The first-order chi connectivity index (χ1) is 14.2. The third-order valence-electron chi connectivity index (χ3n) is 5.78. The van der Waals surface area contributed by atoms with Crippen molar-refractivity contribution in [2.75, 3.05) is 0 Å². The zero-order valence-electron chi connectivity index (χ0n) is 16.5. The number of hydrogen-bond donors (Lipinski definition) is 1. The fourth-order valence-corrected chi connectivity index (χ4v) is 4.18. The van der Waals surface area contributed by atoms with E-state index >= 15 is 0 Å². The summed E-state index contributed by atoms with van der Waals surface area (Å²) in [6, 6.07) is 35.1. The molecule has 0 unspecified atom stereocenters. The normalized spacial score (nSPS) is 11.2. The molecule has 1 heteroatoms. The molecule has 0 aliphatic heterocycles. The lowest BCUT2D eigenvalue weighted by Crippen LogP contribution is -1.95. The maximum Gasteiger partial charge on any atom is 0.0178 e. The Hall–Kier alpha value is -3.42. The zero-order valence-corrected chi connectivity index (χ0v) is 16.5. The van der Waals surface area contributed by atoms with Crippen LogP contribution in [0.2, 0.25) is 0 Å². The van der Waals surface area contributed by atoms with Crippen molar-refractivity contribution in [3.8, 4) is 22.3 Å². The minimum absolute atomic E-state index is 0.572. The molecule has 0 amide bonds. The van der Waals surface area contributed by atoms with Crippen LogP contribution < -0.4 is 5.73 Å². The Morgan fingerprint density at radius 1 is 0.517 bits per heavy atom. The van der Waals surface area contributed by atoms with E-state index in [1.54, 1.807) is 0 Å². The molecule has 1 nitrogen and oxygen atoms in total. The van der Waals surface area contributed by atoms with Gasteiger partial charge >= 0.3 is 0 Å². The molecule has 0 aliphatic carbocycles. The van der Waals surface area contributed by atoms with Gasteiger partial charge in [0.15, 0.2) is 0 Å². The summed E-state index contributed by atoms with van der Waals surface area (Å²) in [7, 11) is 0. The lowest BCUT2D eigenvalue weighted by molar-refractivity contribution is 1.07. The maximum absolute atomic E-state index is 5.76. The summed E-state index contributed by atoms with van der Waals surface area (Å²) in [5, 5.41) is 5.15. The maximum atomic E-state index is 5.76. The first kappa shape index (κ1) is 17.7. The summed E-state index contributed by atoms with van der Waals surface area (Å²) in [6.07, 6.45) is 0. The van der Waals surface area contributed by atoms with Gasteiger partial charge < -0.3 is 5.73 Å². The average Bonchev–Trinajstić information content (AvgIpc) is 2.79. The lowest BCUT2D eigenvalue weighted by atomic mass is 9.91. The van der Waals surface area contributed by atoms with Gasteiger partial charge in [-0.25, -0.2) is 0 Å². The van der Waals surface area contributed by atoms with E-state index in [1.165, 1.54) is 49.4 Å². The first-order valence-corrected chi connectivity index (χ1v) is 10.1. The molecule has 140 valence electrons. The molecule has 0 spiro atoms. The van der Waals surface area contributed by atoms with E-state index in [2.05, 4.69) is 104 Å². The van der Waals surface area contributed by atoms with E-state index in [1.807, 2.05) is 0 Å². The molecular weight excluding hydrogens is 350 g/mol. The molecule has 0 bridgehead atoms. The molecule has 0 saturated heterocycles. The van der Waals surface area contributed by atoms with Gasteiger partial charge in [-0.1, -0.05) is 103 Å². The summed E-state index contributed by atoms with van der Waals surface area (Å²) < 4.78 is 0. The fourth-order valence-electron chi connectivity index (χ4n) is 4.18. The molecule has 0 radical (unpaired) electrons. The van der Waals surface area contributed by atoms with Gasteiger partial charge in [-0.05, 0) is 56.3 Å². The van der Waals surface area contributed by atoms with Crippen LogP contribution in [-0.4, -0.2) is 0 Å². The standard InChI is InChI=1S/C28H23N/c1-19-8-12-21(13-9-19)23-4-2-6-25-26-7-3-5-24(28(26)17-16-27(23)25)22-14-10-20(18-29)11-15-22/h2-17H,18,29H2,1H3. The lowest BCUT2D eigenvalue weighted by Gasteiger charge is -2.13. The number of benzene rings is 5. The van der Waals surface area contributed by atoms with Crippen LogP contribution in [0, 0.1) is 6.92 Å². The van der Waals surface area contributed by atoms with Gasteiger partial charge in [0.1, 0.15) is 0 Å². The van der Waals surface area contributed by atoms with Crippen LogP contribution >= 0.6 is 0 Å². The number of fused-ring (bicyclic) bond motifs is 3. The molecule has 0 saturated carbocycles. The molecule has 0 heterocycles. The minimum Gasteiger partial charge on any atom is -0.326 e. The number of hydrogen-bond acceptors (Lipinski definition) is 1. The van der Waals surface area contributed by atoms with Crippen LogP contribution in [0.15, 0.2) is 97.1 Å². The molecular formula is C28H23N. The van der Waals surface area contributed by atoms with E-state index in [-0.39, 0.29) is 0 Å². The second kappa shape index (κ2) is 7.20. The number of aryl methyl sites for hydroxylation is 1. The van der Waals surface area contributed by atoms with Crippen LogP contribution in [0.4, 0.5) is 0 Å². The summed E-state index contributed by atoms with van der Waals surface area (Å²) >= 11 is 0. The molecule has 5 aromatic rings. The van der Waals surface area contributed by atoms with Gasteiger partial charge in [0.05, 0.1) is 0 Å². The topological polar surface area (TPSA) is 26.0 Å². The van der Waals surface area contributed by atoms with Crippen molar-refractivity contribution < 1.29 is 0 Å². The molecule has 0 aliphatic rings. The zero-order chi connectivity index (χ0) is 19.8. The second-order valence-electron chi connectivity index (χ2n) is 7.63. The Kier molecular flexibility index (Phi) is 4.38. The molecule has 0 aromatic heterocycles. The quantitative estimate of drug-likeness (QED) is 0.336. The van der Waals surface area contributed by atoms with Crippen LogP contribution in [-0.2, 0) is 6.54 Å². The molecule has 2 N–H and O–H groups in total. The molecule has 0 fully saturated rings. The third kappa shape index (κ3) is 3.10. The minimum atomic E-state index is 0.572. The van der Waals surface area contributed by atoms with Crippen molar-refractivity contribution in [2.24, 2.45) is 5.73 Å². The Bertz CT molecular complexity index is 1310. The highest BCUT2D eigenvalue weighted by molar-refractivity contribution is 6.15. The van der Waals surface area contributed by atoms with Crippen molar-refractivity contribution in [2.45, 2.75) is 13.5 Å². The van der Waals surface area contributed by atoms with Gasteiger partial charge in [-0.3, -0.25) is 0 Å². The van der Waals surface area contributed by atoms with Crippen LogP contribution in [0.1, 0.15) is 11.1 Å². The molecule has 29 heavy (non-hydrogen) atoms. The highest BCUT2D eigenvalue weighted by Crippen LogP contribution is 2.37. The van der Waals surface area contributed by atoms with E-state index in [0.29, 0.717) is 6.54 Å². The summed E-state index contributed by atoms with van der Waals surface area (Å²) in [4.78, 5) is 0. The van der Waals surface area contributed by atoms with Crippen LogP contribution in [0.5, 0.6) is 0 Å². The molecule has 5 rings (SSSR count). The van der Waals surface area contributed by atoms with E-state index < -0.39 is 0 Å². The van der Waals surface area contributed by atoms with E-state index in [4.69, 9.17) is 5.73 Å². The SMILES string of the molecule is Cc1ccc(-c2cccc3c2ccc2c(-c4ccc(CN)cc4)cccc23)cc1. The van der Waals surface area contributed by atoms with Crippen molar-refractivity contribution >= 4 is 21.5 Å². The predicted octanol–water partition coefficient (Wildman–Crippen LogP) is 7.09. The molecule has 5 aromatic carbocycles. The van der Waals surface area contributed by atoms with Crippen molar-refractivity contribution in [1.82, 2.24) is 0 Å². The van der Waals surface area contributed by atoms with Crippen LogP contribution in [0.3, 0.4) is 0 Å². The Labute approximate surface area is 171 Å². The number of rotatable bonds is 3. The predicted molar refractivity (Wildman–Crippen MR) is 125 cm³/mol. The monoisotopic (exact) mass is 373 g/mol. The average molecular weight is 373 g/mol. The number of nitrogens with two attached hydrogens (primary N) is 1. The van der Waals surface area contributed by atoms with Crippen molar-refractivity contribution in [3.05, 3.63) is 108 Å². The van der Waals surface area contributed by atoms with Gasteiger partial charge in [0.25, 0.3) is 0 Å². The highest BCUT2D eigenvalue weighted by atomic mass is 14.5. The second-order valence-corrected chi connectivity index (χ2v) is 7.63. The van der Waals surface area contributed by atoms with Crippen LogP contribution in [0.25, 0.3) is 43.8 Å². The van der Waals surface area contributed by atoms with Crippen molar-refractivity contribution in [1.29, 1.82) is 0 Å². The van der Waals surface area contributed by atoms with Gasteiger partial charge in [-0.2, -0.15) is 0 Å². The smallest absolute Gasteiger partial charge is 0.0178 e. The van der Waals surface area contributed by atoms with Crippen molar-refractivity contribution in [3.63, 3.8) is 0 Å². The fraction of sp³-hybridized carbons (Fsp3) is 0.0714. The highest BCUT2D eigenvalue weighted by Gasteiger charge is 2.10. The Morgan fingerprint density at radius 2 is 1.00 bits per heavy atom. The first-order valence-electron chi connectivity index (χ1n) is 10.1. The van der Waals surface area contributed by atoms with E-state index in [0.717, 1.165) is 5.56 Å². The van der Waals surface area contributed by atoms with Gasteiger partial charge in [0.2, 0.25) is 0 Å². The third-order valence-corrected chi connectivity index (χ3v) is 5.78. The van der Waals surface area contributed by atoms with E-state index in [9.17, 15) is 0 Å². The summed E-state index contributed by atoms with van der Waals surface area (Å²) in [5.41, 5.74) is 13.2. The summed E-state index contributed by atoms with van der Waals surface area (Å²) in [5.74, 6) is 0.